The third-order valence-corrected chi connectivity index (χ3v) is 3.13. The van der Waals surface area contributed by atoms with Crippen LogP contribution in [0.4, 0.5) is 0 Å². The molecule has 3 nitrogen and oxygen atoms in total. The lowest BCUT2D eigenvalue weighted by Crippen LogP contribution is -2.32. The van der Waals surface area contributed by atoms with Gasteiger partial charge in [-0.2, -0.15) is 0 Å². The topological polar surface area (TPSA) is 29.9 Å². The molecular formula is C13H15N3. The van der Waals surface area contributed by atoms with Gasteiger partial charge in [-0.15, -0.1) is 0 Å². The minimum absolute atomic E-state index is 0.353. The molecule has 1 atom stereocenters. The van der Waals surface area contributed by atoms with Crippen LogP contribution >= 0.6 is 0 Å². The lowest BCUT2D eigenvalue weighted by atomic mass is 10.1. The van der Waals surface area contributed by atoms with Gasteiger partial charge in [0, 0.05) is 13.1 Å². The van der Waals surface area contributed by atoms with E-state index in [-0.39, 0.29) is 0 Å². The number of aromatic nitrogens is 2. The monoisotopic (exact) mass is 213 g/mol. The molecule has 0 saturated heterocycles. The molecule has 1 aliphatic heterocycles. The lowest BCUT2D eigenvalue weighted by Gasteiger charge is -2.23. The maximum atomic E-state index is 4.51. The van der Waals surface area contributed by atoms with Crippen molar-refractivity contribution in [1.82, 2.24) is 14.9 Å². The Morgan fingerprint density at radius 2 is 2.12 bits per heavy atom. The highest BCUT2D eigenvalue weighted by atomic mass is 15.2. The first kappa shape index (κ1) is 9.60. The maximum absolute atomic E-state index is 4.51. The number of nitrogens with one attached hydrogen (secondary N) is 1. The first-order chi connectivity index (χ1) is 7.86. The van der Waals surface area contributed by atoms with Crippen molar-refractivity contribution in [3.8, 4) is 11.3 Å². The largest absolute Gasteiger partial charge is 0.325 e. The molecule has 1 aromatic carbocycles. The number of rotatable bonds is 1. The molecule has 0 aliphatic carbocycles. The van der Waals surface area contributed by atoms with Crippen molar-refractivity contribution in [2.24, 2.45) is 0 Å². The van der Waals surface area contributed by atoms with Crippen LogP contribution in [-0.4, -0.2) is 16.1 Å². The van der Waals surface area contributed by atoms with Crippen molar-refractivity contribution in [1.29, 1.82) is 0 Å². The fourth-order valence-corrected chi connectivity index (χ4v) is 2.29. The zero-order valence-corrected chi connectivity index (χ0v) is 9.35. The summed E-state index contributed by atoms with van der Waals surface area (Å²) in [5.74, 6) is 1.14. The Morgan fingerprint density at radius 1 is 1.31 bits per heavy atom. The van der Waals surface area contributed by atoms with Crippen LogP contribution in [0, 0.1) is 0 Å². The molecule has 2 aromatic rings. The molecule has 0 fully saturated rings. The van der Waals surface area contributed by atoms with Crippen LogP contribution in [0.1, 0.15) is 18.8 Å². The van der Waals surface area contributed by atoms with Gasteiger partial charge in [-0.3, -0.25) is 0 Å². The van der Waals surface area contributed by atoms with Gasteiger partial charge in [0.2, 0.25) is 0 Å². The molecule has 0 bridgehead atoms. The van der Waals surface area contributed by atoms with E-state index in [0.717, 1.165) is 18.9 Å². The summed E-state index contributed by atoms with van der Waals surface area (Å²) in [6, 6.07) is 10.8. The summed E-state index contributed by atoms with van der Waals surface area (Å²) < 4.78 is 2.32. The average Bonchev–Trinajstić information content (AvgIpc) is 2.75. The normalized spacial score (nSPS) is 19.4. The van der Waals surface area contributed by atoms with Crippen LogP contribution in [0.5, 0.6) is 0 Å². The molecule has 0 unspecified atom stereocenters. The van der Waals surface area contributed by atoms with Gasteiger partial charge in [0.25, 0.3) is 0 Å². The highest BCUT2D eigenvalue weighted by Crippen LogP contribution is 2.25. The SMILES string of the molecule is C[C@@H]1NCCn2c(-c3ccccc3)cnc21. The van der Waals surface area contributed by atoms with Crippen molar-refractivity contribution in [3.05, 3.63) is 42.4 Å². The average molecular weight is 213 g/mol. The van der Waals surface area contributed by atoms with Crippen molar-refractivity contribution in [3.63, 3.8) is 0 Å². The second kappa shape index (κ2) is 3.76. The van der Waals surface area contributed by atoms with E-state index in [9.17, 15) is 0 Å². The molecule has 1 aromatic heterocycles. The minimum atomic E-state index is 0.353. The number of fused-ring (bicyclic) bond motifs is 1. The van der Waals surface area contributed by atoms with E-state index in [2.05, 4.69) is 46.1 Å². The first-order valence-electron chi connectivity index (χ1n) is 5.70. The number of benzene rings is 1. The molecule has 3 rings (SSSR count). The molecule has 1 aliphatic rings. The Morgan fingerprint density at radius 3 is 2.94 bits per heavy atom. The molecule has 2 heterocycles. The summed E-state index contributed by atoms with van der Waals surface area (Å²) in [5.41, 5.74) is 2.47. The number of imidazole rings is 1. The third-order valence-electron chi connectivity index (χ3n) is 3.13. The van der Waals surface area contributed by atoms with E-state index in [4.69, 9.17) is 0 Å². The van der Waals surface area contributed by atoms with Crippen molar-refractivity contribution >= 4 is 0 Å². The minimum Gasteiger partial charge on any atom is -0.325 e. The van der Waals surface area contributed by atoms with Crippen LogP contribution in [0.15, 0.2) is 36.5 Å². The van der Waals surface area contributed by atoms with Crippen LogP contribution in [-0.2, 0) is 6.54 Å². The molecule has 16 heavy (non-hydrogen) atoms. The fraction of sp³-hybridized carbons (Fsp3) is 0.308. The van der Waals surface area contributed by atoms with Gasteiger partial charge in [-0.25, -0.2) is 4.98 Å². The van der Waals surface area contributed by atoms with E-state index < -0.39 is 0 Å². The van der Waals surface area contributed by atoms with Gasteiger partial charge in [0.05, 0.1) is 17.9 Å². The molecule has 3 heteroatoms. The van der Waals surface area contributed by atoms with Gasteiger partial charge in [0.1, 0.15) is 5.82 Å². The van der Waals surface area contributed by atoms with E-state index in [1.807, 2.05) is 12.3 Å². The number of hydrogen-bond acceptors (Lipinski definition) is 2. The molecule has 0 spiro atoms. The molecular weight excluding hydrogens is 198 g/mol. The summed E-state index contributed by atoms with van der Waals surface area (Å²) in [4.78, 5) is 4.51. The Kier molecular flexibility index (Phi) is 2.26. The molecule has 0 saturated carbocycles. The van der Waals surface area contributed by atoms with Crippen molar-refractivity contribution < 1.29 is 0 Å². The zero-order valence-electron chi connectivity index (χ0n) is 9.35. The Hall–Kier alpha value is -1.61. The van der Waals surface area contributed by atoms with Gasteiger partial charge in [0.15, 0.2) is 0 Å². The Balaban J connectivity index is 2.10. The van der Waals surface area contributed by atoms with Crippen molar-refractivity contribution in [2.45, 2.75) is 19.5 Å². The summed E-state index contributed by atoms with van der Waals surface area (Å²) in [6.07, 6.45) is 1.98. The zero-order chi connectivity index (χ0) is 11.0. The molecule has 1 N–H and O–H groups in total. The fourth-order valence-electron chi connectivity index (χ4n) is 2.29. The molecule has 0 radical (unpaired) electrons. The Bertz CT molecular complexity index is 487. The highest BCUT2D eigenvalue weighted by Gasteiger charge is 2.19. The van der Waals surface area contributed by atoms with Gasteiger partial charge < -0.3 is 9.88 Å². The Labute approximate surface area is 95.1 Å². The van der Waals surface area contributed by atoms with Gasteiger partial charge >= 0.3 is 0 Å². The second-order valence-corrected chi connectivity index (χ2v) is 4.20. The van der Waals surface area contributed by atoms with Crippen LogP contribution in [0.25, 0.3) is 11.3 Å². The standard InChI is InChI=1S/C13H15N3/c1-10-13-15-9-12(16(13)8-7-14-10)11-5-3-2-4-6-11/h2-6,9-10,14H,7-8H2,1H3/t10-/m0/s1. The first-order valence-corrected chi connectivity index (χ1v) is 5.70. The van der Waals surface area contributed by atoms with E-state index in [0.29, 0.717) is 6.04 Å². The lowest BCUT2D eigenvalue weighted by molar-refractivity contribution is 0.439. The van der Waals surface area contributed by atoms with Crippen molar-refractivity contribution in [2.75, 3.05) is 6.54 Å². The predicted octanol–water partition coefficient (Wildman–Crippen LogP) is 2.21. The summed E-state index contributed by atoms with van der Waals surface area (Å²) in [5, 5.41) is 3.42. The van der Waals surface area contributed by atoms with Gasteiger partial charge in [-0.05, 0) is 12.5 Å². The van der Waals surface area contributed by atoms with E-state index in [1.165, 1.54) is 11.3 Å². The van der Waals surface area contributed by atoms with Crippen LogP contribution in [0.2, 0.25) is 0 Å². The van der Waals surface area contributed by atoms with E-state index >= 15 is 0 Å². The third kappa shape index (κ3) is 1.44. The number of nitrogens with zero attached hydrogens (tertiary/aromatic N) is 2. The van der Waals surface area contributed by atoms with Crippen LogP contribution in [0.3, 0.4) is 0 Å². The summed E-state index contributed by atoms with van der Waals surface area (Å²) >= 11 is 0. The highest BCUT2D eigenvalue weighted by molar-refractivity contribution is 5.59. The number of hydrogen-bond donors (Lipinski definition) is 1. The van der Waals surface area contributed by atoms with Gasteiger partial charge in [-0.1, -0.05) is 30.3 Å². The summed E-state index contributed by atoms with van der Waals surface area (Å²) in [7, 11) is 0. The van der Waals surface area contributed by atoms with E-state index in [1.54, 1.807) is 0 Å². The van der Waals surface area contributed by atoms with Crippen LogP contribution < -0.4 is 5.32 Å². The maximum Gasteiger partial charge on any atom is 0.126 e. The smallest absolute Gasteiger partial charge is 0.126 e. The molecule has 82 valence electrons. The predicted molar refractivity (Wildman–Crippen MR) is 64.1 cm³/mol. The molecule has 0 amide bonds. The summed E-state index contributed by atoms with van der Waals surface area (Å²) in [6.45, 7) is 4.18. The second-order valence-electron chi connectivity index (χ2n) is 4.20. The quantitative estimate of drug-likeness (QED) is 0.787.